The van der Waals surface area contributed by atoms with Crippen LogP contribution in [0.4, 0.5) is 0 Å². The van der Waals surface area contributed by atoms with Gasteiger partial charge in [-0.2, -0.15) is 0 Å². The van der Waals surface area contributed by atoms with E-state index in [0.29, 0.717) is 6.54 Å². The molecular weight excluding hydrogens is 174 g/mol. The zero-order valence-electron chi connectivity index (χ0n) is 8.29. The standard InChI is InChI=1S/C7H19NO3Si/c1-7(5-6-8)12(9-2,10-3)11-4/h7H,5-6,8H2,1-4H3. The van der Waals surface area contributed by atoms with E-state index in [4.69, 9.17) is 19.0 Å². The minimum absolute atomic E-state index is 0.252. The molecule has 2 N–H and O–H groups in total. The van der Waals surface area contributed by atoms with Gasteiger partial charge in [0.25, 0.3) is 0 Å². The van der Waals surface area contributed by atoms with Crippen molar-refractivity contribution in [1.29, 1.82) is 0 Å². The van der Waals surface area contributed by atoms with Gasteiger partial charge in [-0.05, 0) is 13.0 Å². The van der Waals surface area contributed by atoms with Gasteiger partial charge in [-0.15, -0.1) is 0 Å². The molecule has 0 saturated carbocycles. The Morgan fingerprint density at radius 1 is 1.17 bits per heavy atom. The van der Waals surface area contributed by atoms with E-state index >= 15 is 0 Å². The molecule has 0 heterocycles. The molecule has 0 aliphatic carbocycles. The summed E-state index contributed by atoms with van der Waals surface area (Å²) in [5, 5.41) is 0. The topological polar surface area (TPSA) is 53.7 Å². The molecule has 0 amide bonds. The van der Waals surface area contributed by atoms with E-state index < -0.39 is 8.80 Å². The van der Waals surface area contributed by atoms with Gasteiger partial charge in [0, 0.05) is 26.9 Å². The summed E-state index contributed by atoms with van der Waals surface area (Å²) in [4.78, 5) is 0. The first-order chi connectivity index (χ1) is 5.66. The van der Waals surface area contributed by atoms with Crippen LogP contribution in [0.25, 0.3) is 0 Å². The van der Waals surface area contributed by atoms with Gasteiger partial charge in [0.1, 0.15) is 0 Å². The number of hydrogen-bond donors (Lipinski definition) is 1. The average molecular weight is 193 g/mol. The minimum atomic E-state index is -2.42. The van der Waals surface area contributed by atoms with Crippen LogP contribution in [0.1, 0.15) is 13.3 Å². The summed E-state index contributed by atoms with van der Waals surface area (Å²) in [5.41, 5.74) is 5.70. The Morgan fingerprint density at radius 3 is 1.83 bits per heavy atom. The molecule has 1 unspecified atom stereocenters. The van der Waals surface area contributed by atoms with Crippen molar-refractivity contribution in [3.63, 3.8) is 0 Å². The van der Waals surface area contributed by atoms with Crippen LogP contribution in [0.15, 0.2) is 0 Å². The summed E-state index contributed by atoms with van der Waals surface area (Å²) in [6.07, 6.45) is 0.863. The zero-order chi connectivity index (χ0) is 9.61. The zero-order valence-corrected chi connectivity index (χ0v) is 9.29. The maximum Gasteiger partial charge on any atom is 0.503 e. The van der Waals surface area contributed by atoms with E-state index in [9.17, 15) is 0 Å². The molecule has 12 heavy (non-hydrogen) atoms. The summed E-state index contributed by atoms with van der Waals surface area (Å²) in [6, 6.07) is 0. The molecule has 0 radical (unpaired) electrons. The molecule has 0 spiro atoms. The number of hydrogen-bond acceptors (Lipinski definition) is 4. The molecule has 0 bridgehead atoms. The molecule has 1 atom stereocenters. The molecule has 0 aromatic carbocycles. The Morgan fingerprint density at radius 2 is 1.58 bits per heavy atom. The quantitative estimate of drug-likeness (QED) is 0.628. The summed E-state index contributed by atoms with van der Waals surface area (Å²) < 4.78 is 15.9. The third-order valence-electron chi connectivity index (χ3n) is 2.06. The maximum atomic E-state index is 5.45. The van der Waals surface area contributed by atoms with E-state index in [1.807, 2.05) is 6.92 Å². The van der Waals surface area contributed by atoms with Crippen molar-refractivity contribution in [2.75, 3.05) is 27.9 Å². The van der Waals surface area contributed by atoms with Crippen molar-refractivity contribution in [2.24, 2.45) is 5.73 Å². The van der Waals surface area contributed by atoms with E-state index in [1.54, 1.807) is 21.3 Å². The smallest absolute Gasteiger partial charge is 0.377 e. The Balaban J connectivity index is 4.24. The highest BCUT2D eigenvalue weighted by atomic mass is 28.4. The minimum Gasteiger partial charge on any atom is -0.377 e. The van der Waals surface area contributed by atoms with Gasteiger partial charge >= 0.3 is 8.80 Å². The van der Waals surface area contributed by atoms with Crippen molar-refractivity contribution in [2.45, 2.75) is 18.9 Å². The normalized spacial score (nSPS) is 14.8. The highest BCUT2D eigenvalue weighted by molar-refractivity contribution is 6.62. The molecule has 4 nitrogen and oxygen atoms in total. The Labute approximate surface area is 75.4 Å². The van der Waals surface area contributed by atoms with Crippen LogP contribution < -0.4 is 5.73 Å². The molecule has 0 aliphatic rings. The van der Waals surface area contributed by atoms with Gasteiger partial charge in [0.05, 0.1) is 0 Å². The van der Waals surface area contributed by atoms with Gasteiger partial charge in [-0.25, -0.2) is 0 Å². The summed E-state index contributed by atoms with van der Waals surface area (Å²) in [5.74, 6) is 0. The van der Waals surface area contributed by atoms with E-state index in [1.165, 1.54) is 0 Å². The summed E-state index contributed by atoms with van der Waals surface area (Å²) >= 11 is 0. The second-order valence-corrected chi connectivity index (χ2v) is 6.11. The third kappa shape index (κ3) is 2.53. The van der Waals surface area contributed by atoms with Crippen LogP contribution >= 0.6 is 0 Å². The molecule has 5 heteroatoms. The Bertz CT molecular complexity index is 111. The van der Waals surface area contributed by atoms with Gasteiger partial charge in [0.15, 0.2) is 0 Å². The number of nitrogens with two attached hydrogens (primary N) is 1. The first kappa shape index (κ1) is 12.1. The first-order valence-electron chi connectivity index (χ1n) is 4.02. The average Bonchev–Trinajstić information content (AvgIpc) is 2.09. The van der Waals surface area contributed by atoms with E-state index in [-0.39, 0.29) is 5.54 Å². The van der Waals surface area contributed by atoms with Gasteiger partial charge in [-0.1, -0.05) is 6.92 Å². The van der Waals surface area contributed by atoms with Crippen molar-refractivity contribution in [3.8, 4) is 0 Å². The summed E-state index contributed by atoms with van der Waals surface area (Å²) in [6.45, 7) is 2.67. The molecule has 0 aromatic heterocycles. The lowest BCUT2D eigenvalue weighted by Crippen LogP contribution is -2.47. The van der Waals surface area contributed by atoms with Crippen LogP contribution in [0.5, 0.6) is 0 Å². The largest absolute Gasteiger partial charge is 0.503 e. The van der Waals surface area contributed by atoms with Gasteiger partial charge in [0.2, 0.25) is 0 Å². The van der Waals surface area contributed by atoms with Crippen molar-refractivity contribution >= 4 is 8.80 Å². The van der Waals surface area contributed by atoms with Gasteiger partial charge in [-0.3, -0.25) is 0 Å². The fraction of sp³-hybridized carbons (Fsp3) is 1.00. The lowest BCUT2D eigenvalue weighted by atomic mass is 10.3. The van der Waals surface area contributed by atoms with Gasteiger partial charge < -0.3 is 19.0 Å². The van der Waals surface area contributed by atoms with Crippen molar-refractivity contribution in [1.82, 2.24) is 0 Å². The Kier molecular flexibility index (Phi) is 5.69. The van der Waals surface area contributed by atoms with Crippen molar-refractivity contribution < 1.29 is 13.3 Å². The van der Waals surface area contributed by atoms with Crippen LogP contribution in [-0.2, 0) is 13.3 Å². The second-order valence-electron chi connectivity index (χ2n) is 2.69. The SMILES string of the molecule is CO[Si](OC)(OC)C(C)CCN. The van der Waals surface area contributed by atoms with Crippen LogP contribution in [-0.4, -0.2) is 36.7 Å². The van der Waals surface area contributed by atoms with E-state index in [0.717, 1.165) is 6.42 Å². The number of rotatable bonds is 6. The predicted octanol–water partition coefficient (Wildman–Crippen LogP) is 0.603. The molecular formula is C7H19NO3Si. The molecule has 0 aliphatic heterocycles. The highest BCUT2D eigenvalue weighted by Crippen LogP contribution is 2.25. The molecule has 0 fully saturated rings. The van der Waals surface area contributed by atoms with Crippen LogP contribution in [0.2, 0.25) is 5.54 Å². The fourth-order valence-electron chi connectivity index (χ4n) is 1.28. The lowest BCUT2D eigenvalue weighted by Gasteiger charge is -2.29. The summed E-state index contributed by atoms with van der Waals surface area (Å²) in [7, 11) is 2.43. The second kappa shape index (κ2) is 5.66. The lowest BCUT2D eigenvalue weighted by molar-refractivity contribution is 0.112. The van der Waals surface area contributed by atoms with Crippen LogP contribution in [0, 0.1) is 0 Å². The molecule has 0 rings (SSSR count). The monoisotopic (exact) mass is 193 g/mol. The van der Waals surface area contributed by atoms with E-state index in [2.05, 4.69) is 0 Å². The molecule has 0 saturated heterocycles. The third-order valence-corrected chi connectivity index (χ3v) is 5.26. The highest BCUT2D eigenvalue weighted by Gasteiger charge is 2.43. The van der Waals surface area contributed by atoms with Crippen LogP contribution in [0.3, 0.4) is 0 Å². The molecule has 0 aromatic rings. The maximum absolute atomic E-state index is 5.45. The predicted molar refractivity (Wildman–Crippen MR) is 49.9 cm³/mol. The first-order valence-corrected chi connectivity index (χ1v) is 5.82. The Hall–Kier alpha value is 0.0569. The fourth-order valence-corrected chi connectivity index (χ4v) is 3.51. The van der Waals surface area contributed by atoms with Crippen molar-refractivity contribution in [3.05, 3.63) is 0 Å². The molecule has 74 valence electrons.